The zero-order valence-corrected chi connectivity index (χ0v) is 22.6. The quantitative estimate of drug-likeness (QED) is 0.253. The number of piperidine rings is 1. The predicted molar refractivity (Wildman–Crippen MR) is 145 cm³/mol. The highest BCUT2D eigenvalue weighted by molar-refractivity contribution is 6.33. The largest absolute Gasteiger partial charge is 0.511 e. The Morgan fingerprint density at radius 2 is 1.79 bits per heavy atom. The number of fused-ring (bicyclic) bond motifs is 1. The van der Waals surface area contributed by atoms with Gasteiger partial charge in [0.15, 0.2) is 0 Å². The second-order valence-corrected chi connectivity index (χ2v) is 10.8. The van der Waals surface area contributed by atoms with E-state index in [1.807, 2.05) is 45.2 Å². The van der Waals surface area contributed by atoms with Crippen LogP contribution in [0.4, 0.5) is 10.6 Å². The molecule has 2 atom stereocenters. The summed E-state index contributed by atoms with van der Waals surface area (Å²) in [6.07, 6.45) is 1.84. The molecule has 5 rings (SSSR count). The van der Waals surface area contributed by atoms with Gasteiger partial charge in [0.1, 0.15) is 23.4 Å². The topological polar surface area (TPSA) is 92.6 Å². The molecule has 38 heavy (non-hydrogen) atoms. The van der Waals surface area contributed by atoms with Crippen molar-refractivity contribution in [3.05, 3.63) is 81.8 Å². The maximum absolute atomic E-state index is 14.4. The second kappa shape index (κ2) is 10.3. The van der Waals surface area contributed by atoms with Gasteiger partial charge in [0.25, 0.3) is 0 Å². The molecule has 198 valence electrons. The number of nitrogens with zero attached hydrogens (tertiary/aromatic N) is 4. The van der Waals surface area contributed by atoms with Gasteiger partial charge < -0.3 is 14.7 Å². The number of hydrogen-bond acceptors (Lipinski definition) is 6. The van der Waals surface area contributed by atoms with Crippen LogP contribution in [0.5, 0.6) is 5.75 Å². The number of ether oxygens (including phenoxy) is 1. The van der Waals surface area contributed by atoms with E-state index in [0.29, 0.717) is 10.6 Å². The molecule has 1 aromatic heterocycles. The van der Waals surface area contributed by atoms with Crippen molar-refractivity contribution in [1.82, 2.24) is 9.97 Å². The Bertz CT molecular complexity index is 1370. The average Bonchev–Trinajstić information content (AvgIpc) is 3.31. The Kier molecular flexibility index (Phi) is 7.11. The van der Waals surface area contributed by atoms with Crippen LogP contribution in [0.1, 0.15) is 58.3 Å². The summed E-state index contributed by atoms with van der Waals surface area (Å²) in [5, 5.41) is 9.59. The molecule has 1 aliphatic heterocycles. The van der Waals surface area contributed by atoms with Gasteiger partial charge in [0, 0.05) is 49.7 Å². The maximum Gasteiger partial charge on any atom is 0.511 e. The number of rotatable bonds is 5. The molecule has 1 fully saturated rings. The van der Waals surface area contributed by atoms with Crippen LogP contribution in [0, 0.1) is 13.8 Å². The van der Waals surface area contributed by atoms with E-state index in [2.05, 4.69) is 14.9 Å². The third kappa shape index (κ3) is 4.86. The summed E-state index contributed by atoms with van der Waals surface area (Å²) in [7, 11) is 2.02. The first-order valence-corrected chi connectivity index (χ1v) is 13.3. The van der Waals surface area contributed by atoms with E-state index in [0.717, 1.165) is 67.2 Å². The first kappa shape index (κ1) is 26.1. The lowest BCUT2D eigenvalue weighted by Gasteiger charge is -2.47. The zero-order chi connectivity index (χ0) is 27.0. The second-order valence-electron chi connectivity index (χ2n) is 10.3. The fourth-order valence-corrected chi connectivity index (χ4v) is 6.44. The SMILES string of the molecule is Cc1cc(N2CCC([N+](C)(C(=O)c3ccccc3Cl)[C@@H]3CCc4ccc(OC(=O)O)cc43)CC2)nc(C)n1. The molecule has 3 aromatic rings. The first-order valence-electron chi connectivity index (χ1n) is 12.9. The molecule has 8 nitrogen and oxygen atoms in total. The normalized spacial score (nSPS) is 19.1. The van der Waals surface area contributed by atoms with Crippen LogP contribution in [0.3, 0.4) is 0 Å². The molecule has 1 unspecified atom stereocenters. The number of carbonyl (C=O) groups excluding carboxylic acids is 1. The predicted octanol–water partition coefficient (Wildman–Crippen LogP) is 5.75. The molecule has 1 N–H and O–H groups in total. The van der Waals surface area contributed by atoms with Crippen molar-refractivity contribution in [3.63, 3.8) is 0 Å². The van der Waals surface area contributed by atoms with Crippen molar-refractivity contribution in [1.29, 1.82) is 0 Å². The maximum atomic E-state index is 14.4. The van der Waals surface area contributed by atoms with Crippen molar-refractivity contribution in [2.45, 2.75) is 51.6 Å². The third-order valence-corrected chi connectivity index (χ3v) is 8.39. The van der Waals surface area contributed by atoms with Gasteiger partial charge >= 0.3 is 12.1 Å². The lowest BCUT2D eigenvalue weighted by molar-refractivity contribution is -0.887. The minimum absolute atomic E-state index is 0.0230. The molecule has 0 spiro atoms. The van der Waals surface area contributed by atoms with E-state index < -0.39 is 6.16 Å². The minimum atomic E-state index is -1.36. The van der Waals surface area contributed by atoms with Crippen LogP contribution in [0.15, 0.2) is 48.5 Å². The molecule has 1 aliphatic carbocycles. The summed E-state index contributed by atoms with van der Waals surface area (Å²) in [6.45, 7) is 5.41. The molecule has 1 amide bonds. The number of quaternary nitrogens is 1. The molecular weight excluding hydrogens is 504 g/mol. The van der Waals surface area contributed by atoms with Crippen molar-refractivity contribution in [2.75, 3.05) is 25.0 Å². The summed E-state index contributed by atoms with van der Waals surface area (Å²) in [4.78, 5) is 36.9. The standard InChI is InChI=1S/C29H31ClN4O4/c1-18-16-27(32-19(2)31-18)33-14-12-21(13-15-33)34(3,28(35)23-6-4-5-7-25(23)30)26-11-9-20-8-10-22(17-24(20)26)38-29(36)37/h4-8,10,16-17,21,26H,9,11-15H2,1-3H3/p+1/t26-,34?/m1/s1. The molecule has 2 aromatic carbocycles. The highest BCUT2D eigenvalue weighted by atomic mass is 35.5. The Labute approximate surface area is 227 Å². The fraction of sp³-hybridized carbons (Fsp3) is 0.379. The lowest BCUT2D eigenvalue weighted by atomic mass is 9.93. The molecule has 1 saturated heterocycles. The number of carbonyl (C=O) groups is 2. The van der Waals surface area contributed by atoms with Gasteiger partial charge in [0.05, 0.1) is 23.7 Å². The van der Waals surface area contributed by atoms with Gasteiger partial charge in [-0.25, -0.2) is 24.0 Å². The molecule has 0 bridgehead atoms. The van der Waals surface area contributed by atoms with Gasteiger partial charge in [-0.2, -0.15) is 0 Å². The van der Waals surface area contributed by atoms with E-state index in [1.165, 1.54) is 0 Å². The number of amides is 1. The van der Waals surface area contributed by atoms with Gasteiger partial charge in [0.2, 0.25) is 0 Å². The van der Waals surface area contributed by atoms with Gasteiger partial charge in [-0.1, -0.05) is 29.8 Å². The number of anilines is 1. The van der Waals surface area contributed by atoms with Crippen molar-refractivity contribution < 1.29 is 23.9 Å². The minimum Gasteiger partial charge on any atom is -0.449 e. The lowest BCUT2D eigenvalue weighted by Crippen LogP contribution is -2.60. The van der Waals surface area contributed by atoms with E-state index >= 15 is 0 Å². The number of benzene rings is 2. The molecule has 0 saturated carbocycles. The average molecular weight is 536 g/mol. The number of aryl methyl sites for hydroxylation is 3. The first-order chi connectivity index (χ1) is 18.2. The molecule has 2 heterocycles. The van der Waals surface area contributed by atoms with E-state index in [9.17, 15) is 9.59 Å². The summed E-state index contributed by atoms with van der Waals surface area (Å²) in [5.74, 6) is 1.91. The Morgan fingerprint density at radius 1 is 1.05 bits per heavy atom. The van der Waals surface area contributed by atoms with Crippen LogP contribution in [0.2, 0.25) is 5.02 Å². The summed E-state index contributed by atoms with van der Waals surface area (Å²) < 4.78 is 5.15. The fourth-order valence-electron chi connectivity index (χ4n) is 6.23. The van der Waals surface area contributed by atoms with Crippen LogP contribution < -0.4 is 9.64 Å². The van der Waals surface area contributed by atoms with Crippen LogP contribution in [-0.4, -0.2) is 57.8 Å². The molecule has 2 aliphatic rings. The third-order valence-electron chi connectivity index (χ3n) is 8.06. The van der Waals surface area contributed by atoms with Crippen molar-refractivity contribution >= 4 is 29.5 Å². The molecule has 9 heteroatoms. The zero-order valence-electron chi connectivity index (χ0n) is 21.9. The van der Waals surface area contributed by atoms with Gasteiger partial charge in [-0.05, 0) is 50.1 Å². The Hall–Kier alpha value is -3.49. The van der Waals surface area contributed by atoms with E-state index in [-0.39, 0.29) is 28.2 Å². The molecule has 0 radical (unpaired) electrons. The van der Waals surface area contributed by atoms with E-state index in [1.54, 1.807) is 24.3 Å². The van der Waals surface area contributed by atoms with Crippen LogP contribution in [-0.2, 0) is 6.42 Å². The summed E-state index contributed by atoms with van der Waals surface area (Å²) in [5.41, 5.74) is 3.53. The molecular formula is C29H32ClN4O4+. The summed E-state index contributed by atoms with van der Waals surface area (Å²) in [6, 6.07) is 14.5. The highest BCUT2D eigenvalue weighted by Gasteiger charge is 2.51. The number of carboxylic acid groups (broad SMARTS) is 1. The van der Waals surface area contributed by atoms with E-state index in [4.69, 9.17) is 21.4 Å². The smallest absolute Gasteiger partial charge is 0.449 e. The Morgan fingerprint density at radius 3 is 2.47 bits per heavy atom. The van der Waals surface area contributed by atoms with Crippen molar-refractivity contribution in [2.24, 2.45) is 0 Å². The number of hydrogen-bond donors (Lipinski definition) is 1. The van der Waals surface area contributed by atoms with Crippen LogP contribution >= 0.6 is 11.6 Å². The Balaban J connectivity index is 1.51. The van der Waals surface area contributed by atoms with Gasteiger partial charge in [-0.15, -0.1) is 0 Å². The van der Waals surface area contributed by atoms with Crippen LogP contribution in [0.25, 0.3) is 0 Å². The van der Waals surface area contributed by atoms with Gasteiger partial charge in [-0.3, -0.25) is 0 Å². The number of aromatic nitrogens is 2. The number of halogens is 1. The van der Waals surface area contributed by atoms with Crippen molar-refractivity contribution in [3.8, 4) is 5.75 Å². The summed E-state index contributed by atoms with van der Waals surface area (Å²) >= 11 is 6.55. The monoisotopic (exact) mass is 535 g/mol. The highest BCUT2D eigenvalue weighted by Crippen LogP contribution is 2.46.